The average Bonchev–Trinajstić information content (AvgIpc) is 3.40. The minimum Gasteiger partial charge on any atom is -0.406 e. The molecule has 7 heteroatoms. The second kappa shape index (κ2) is 8.21. The van der Waals surface area contributed by atoms with Gasteiger partial charge in [0.2, 0.25) is 5.89 Å². The first-order valence-electron chi connectivity index (χ1n) is 9.38. The molecule has 1 fully saturated rings. The quantitative estimate of drug-likeness (QED) is 0.708. The van der Waals surface area contributed by atoms with Gasteiger partial charge in [0.05, 0.1) is 0 Å². The van der Waals surface area contributed by atoms with E-state index in [-0.39, 0.29) is 11.7 Å². The van der Waals surface area contributed by atoms with Crippen LogP contribution < -0.4 is 10.2 Å². The van der Waals surface area contributed by atoms with E-state index in [0.717, 1.165) is 31.5 Å². The minimum absolute atomic E-state index is 0.318. The third kappa shape index (κ3) is 4.19. The number of halogens is 1. The summed E-state index contributed by atoms with van der Waals surface area (Å²) in [7, 11) is 0. The van der Waals surface area contributed by atoms with Gasteiger partial charge >= 0.3 is 6.01 Å². The molecule has 144 valence electrons. The molecule has 1 amide bonds. The van der Waals surface area contributed by atoms with Gasteiger partial charge in [-0.1, -0.05) is 35.4 Å². The predicted molar refractivity (Wildman–Crippen MR) is 102 cm³/mol. The molecule has 0 unspecified atom stereocenters. The maximum Gasteiger partial charge on any atom is 0.318 e. The van der Waals surface area contributed by atoms with Crippen molar-refractivity contribution >= 4 is 11.9 Å². The molecule has 28 heavy (non-hydrogen) atoms. The molecule has 2 aromatic carbocycles. The number of nitrogens with one attached hydrogen (secondary N) is 1. The first kappa shape index (κ1) is 18.2. The van der Waals surface area contributed by atoms with Gasteiger partial charge in [-0.05, 0) is 42.7 Å². The highest BCUT2D eigenvalue weighted by Gasteiger charge is 2.25. The Morgan fingerprint density at radius 2 is 1.79 bits per heavy atom. The molecule has 1 aromatic heterocycles. The summed E-state index contributed by atoms with van der Waals surface area (Å²) >= 11 is 0. The SMILES string of the molecule is O=C(N[C@H](Cc1ccccc1)c1nnc(N2CCCC2)o1)c1ccc(F)cc1. The lowest BCUT2D eigenvalue weighted by atomic mass is 10.1. The van der Waals surface area contributed by atoms with Gasteiger partial charge in [0, 0.05) is 25.1 Å². The molecule has 1 atom stereocenters. The van der Waals surface area contributed by atoms with Crippen LogP contribution in [-0.2, 0) is 6.42 Å². The molecule has 1 N–H and O–H groups in total. The third-order valence-electron chi connectivity index (χ3n) is 4.80. The highest BCUT2D eigenvalue weighted by atomic mass is 19.1. The van der Waals surface area contributed by atoms with Crippen LogP contribution in [0.1, 0.15) is 40.7 Å². The van der Waals surface area contributed by atoms with Crippen molar-refractivity contribution in [3.63, 3.8) is 0 Å². The first-order chi connectivity index (χ1) is 13.7. The normalized spacial score (nSPS) is 14.8. The zero-order chi connectivity index (χ0) is 19.3. The molecule has 6 nitrogen and oxygen atoms in total. The summed E-state index contributed by atoms with van der Waals surface area (Å²) in [5.41, 5.74) is 1.41. The monoisotopic (exact) mass is 380 g/mol. The predicted octanol–water partition coefficient (Wildman–Crippen LogP) is 3.52. The van der Waals surface area contributed by atoms with E-state index in [1.807, 2.05) is 30.3 Å². The Labute approximate surface area is 162 Å². The summed E-state index contributed by atoms with van der Waals surface area (Å²) in [5, 5.41) is 11.3. The Morgan fingerprint density at radius 3 is 2.50 bits per heavy atom. The fourth-order valence-corrected chi connectivity index (χ4v) is 3.30. The summed E-state index contributed by atoms with van der Waals surface area (Å²) in [4.78, 5) is 14.7. The van der Waals surface area contributed by atoms with Crippen molar-refractivity contribution in [3.05, 3.63) is 77.4 Å². The molecule has 0 radical (unpaired) electrons. The maximum absolute atomic E-state index is 13.1. The Bertz CT molecular complexity index is 921. The first-order valence-corrected chi connectivity index (χ1v) is 9.38. The maximum atomic E-state index is 13.1. The Balaban J connectivity index is 1.56. The molecule has 3 aromatic rings. The van der Waals surface area contributed by atoms with E-state index in [4.69, 9.17) is 4.42 Å². The largest absolute Gasteiger partial charge is 0.406 e. The highest BCUT2D eigenvalue weighted by Crippen LogP contribution is 2.24. The van der Waals surface area contributed by atoms with Crippen molar-refractivity contribution < 1.29 is 13.6 Å². The van der Waals surface area contributed by atoms with Gasteiger partial charge in [0.15, 0.2) is 0 Å². The molecule has 0 bridgehead atoms. The molecule has 1 saturated heterocycles. The van der Waals surface area contributed by atoms with Gasteiger partial charge < -0.3 is 14.6 Å². The molecule has 2 heterocycles. The lowest BCUT2D eigenvalue weighted by molar-refractivity contribution is 0.0930. The molecule has 1 aliphatic heterocycles. The summed E-state index contributed by atoms with van der Waals surface area (Å²) < 4.78 is 19.0. The van der Waals surface area contributed by atoms with E-state index >= 15 is 0 Å². The Hall–Kier alpha value is -3.22. The van der Waals surface area contributed by atoms with E-state index < -0.39 is 6.04 Å². The van der Waals surface area contributed by atoms with Crippen molar-refractivity contribution in [2.45, 2.75) is 25.3 Å². The number of nitrogens with zero attached hydrogens (tertiary/aromatic N) is 3. The topological polar surface area (TPSA) is 71.3 Å². The van der Waals surface area contributed by atoms with Crippen LogP contribution in [0.4, 0.5) is 10.4 Å². The van der Waals surface area contributed by atoms with E-state index in [2.05, 4.69) is 20.4 Å². The van der Waals surface area contributed by atoms with Gasteiger partial charge in [-0.3, -0.25) is 4.79 Å². The third-order valence-corrected chi connectivity index (χ3v) is 4.80. The van der Waals surface area contributed by atoms with E-state index in [9.17, 15) is 9.18 Å². The molecule has 0 spiro atoms. The van der Waals surface area contributed by atoms with E-state index in [0.29, 0.717) is 23.9 Å². The zero-order valence-electron chi connectivity index (χ0n) is 15.3. The number of hydrogen-bond donors (Lipinski definition) is 1. The summed E-state index contributed by atoms with van der Waals surface area (Å²) in [6, 6.07) is 15.2. The second-order valence-corrected chi connectivity index (χ2v) is 6.84. The minimum atomic E-state index is -0.483. The van der Waals surface area contributed by atoms with Crippen molar-refractivity contribution in [1.29, 1.82) is 0 Å². The van der Waals surface area contributed by atoms with Gasteiger partial charge in [-0.25, -0.2) is 4.39 Å². The average molecular weight is 380 g/mol. The lowest BCUT2D eigenvalue weighted by Crippen LogP contribution is -2.30. The number of carbonyl (C=O) groups is 1. The number of amides is 1. The number of aromatic nitrogens is 2. The van der Waals surface area contributed by atoms with Gasteiger partial charge in [-0.2, -0.15) is 0 Å². The fourth-order valence-electron chi connectivity index (χ4n) is 3.30. The number of rotatable bonds is 6. The second-order valence-electron chi connectivity index (χ2n) is 6.84. The van der Waals surface area contributed by atoms with Crippen LogP contribution in [0.3, 0.4) is 0 Å². The van der Waals surface area contributed by atoms with Gasteiger partial charge in [0.25, 0.3) is 5.91 Å². The Morgan fingerprint density at radius 1 is 1.07 bits per heavy atom. The zero-order valence-corrected chi connectivity index (χ0v) is 15.3. The summed E-state index contributed by atoms with van der Waals surface area (Å²) in [6.45, 7) is 1.79. The molecule has 1 aliphatic rings. The van der Waals surface area contributed by atoms with Gasteiger partial charge in [0.1, 0.15) is 11.9 Å². The van der Waals surface area contributed by atoms with Crippen LogP contribution in [0.5, 0.6) is 0 Å². The Kier molecular flexibility index (Phi) is 5.32. The smallest absolute Gasteiger partial charge is 0.318 e. The van der Waals surface area contributed by atoms with Crippen LogP contribution in [-0.4, -0.2) is 29.2 Å². The number of anilines is 1. The number of hydrogen-bond acceptors (Lipinski definition) is 5. The van der Waals surface area contributed by atoms with Crippen molar-refractivity contribution in [2.75, 3.05) is 18.0 Å². The van der Waals surface area contributed by atoms with Crippen molar-refractivity contribution in [3.8, 4) is 0 Å². The summed E-state index contributed by atoms with van der Waals surface area (Å²) in [6.07, 6.45) is 2.72. The molecule has 4 rings (SSSR count). The van der Waals surface area contributed by atoms with Crippen molar-refractivity contribution in [1.82, 2.24) is 15.5 Å². The van der Waals surface area contributed by atoms with Crippen LogP contribution in [0.2, 0.25) is 0 Å². The lowest BCUT2D eigenvalue weighted by Gasteiger charge is -2.16. The molecule has 0 saturated carbocycles. The molecular weight excluding hydrogens is 359 g/mol. The molecule has 0 aliphatic carbocycles. The van der Waals surface area contributed by atoms with Crippen LogP contribution >= 0.6 is 0 Å². The fraction of sp³-hybridized carbons (Fsp3) is 0.286. The standard InChI is InChI=1S/C21H21FN4O2/c22-17-10-8-16(9-11-17)19(27)23-18(14-15-6-2-1-3-7-15)20-24-25-21(28-20)26-12-4-5-13-26/h1-3,6-11,18H,4-5,12-14H2,(H,23,27)/t18-/m1/s1. The van der Waals surface area contributed by atoms with Crippen LogP contribution in [0.25, 0.3) is 0 Å². The number of benzene rings is 2. The van der Waals surface area contributed by atoms with E-state index in [1.165, 1.54) is 24.3 Å². The molecular formula is C21H21FN4O2. The number of carbonyl (C=O) groups excluding carboxylic acids is 1. The van der Waals surface area contributed by atoms with Crippen LogP contribution in [0, 0.1) is 5.82 Å². The van der Waals surface area contributed by atoms with E-state index in [1.54, 1.807) is 0 Å². The van der Waals surface area contributed by atoms with Gasteiger partial charge in [-0.15, -0.1) is 5.10 Å². The summed E-state index contributed by atoms with van der Waals surface area (Å²) in [5.74, 6) is -0.340. The van der Waals surface area contributed by atoms with Crippen LogP contribution in [0.15, 0.2) is 59.0 Å². The highest BCUT2D eigenvalue weighted by molar-refractivity contribution is 5.94. The van der Waals surface area contributed by atoms with Crippen molar-refractivity contribution in [2.24, 2.45) is 0 Å².